The van der Waals surface area contributed by atoms with Crippen molar-refractivity contribution in [2.75, 3.05) is 0 Å². The molecular formula is C13H9N7OS. The van der Waals surface area contributed by atoms with Gasteiger partial charge in [0, 0.05) is 30.4 Å². The molecule has 0 amide bonds. The van der Waals surface area contributed by atoms with E-state index in [1.807, 2.05) is 17.5 Å². The third-order valence-corrected chi connectivity index (χ3v) is 4.03. The molecule has 0 fully saturated rings. The number of aryl methyl sites for hydroxylation is 1. The number of thiazole rings is 1. The predicted octanol–water partition coefficient (Wildman–Crippen LogP) is 1.01. The predicted molar refractivity (Wildman–Crippen MR) is 80.4 cm³/mol. The van der Waals surface area contributed by atoms with Crippen molar-refractivity contribution in [3.05, 3.63) is 46.7 Å². The van der Waals surface area contributed by atoms with E-state index in [-0.39, 0.29) is 5.69 Å². The minimum absolute atomic E-state index is 0.297. The quantitative estimate of drug-likeness (QED) is 0.548. The van der Waals surface area contributed by atoms with E-state index in [1.165, 1.54) is 22.1 Å². The number of hydrogen-bond donors (Lipinski definition) is 0. The minimum atomic E-state index is -0.297. The summed E-state index contributed by atoms with van der Waals surface area (Å²) in [5.41, 5.74) is 2.47. The van der Waals surface area contributed by atoms with Crippen molar-refractivity contribution in [1.29, 1.82) is 0 Å². The van der Waals surface area contributed by atoms with Crippen LogP contribution in [0.4, 0.5) is 0 Å². The first-order valence-electron chi connectivity index (χ1n) is 6.37. The maximum atomic E-state index is 12.0. The first kappa shape index (κ1) is 12.8. The molecule has 8 nitrogen and oxygen atoms in total. The van der Waals surface area contributed by atoms with Gasteiger partial charge in [-0.1, -0.05) is 5.21 Å². The second kappa shape index (κ2) is 4.81. The van der Waals surface area contributed by atoms with Gasteiger partial charge in [-0.2, -0.15) is 4.68 Å². The van der Waals surface area contributed by atoms with Gasteiger partial charge >= 0.3 is 5.69 Å². The first-order valence-corrected chi connectivity index (χ1v) is 7.25. The zero-order valence-electron chi connectivity index (χ0n) is 11.4. The molecule has 4 heterocycles. The van der Waals surface area contributed by atoms with Gasteiger partial charge in [0.15, 0.2) is 5.65 Å². The Kier molecular flexibility index (Phi) is 2.79. The van der Waals surface area contributed by atoms with Gasteiger partial charge in [0.2, 0.25) is 0 Å². The van der Waals surface area contributed by atoms with Crippen LogP contribution in [0.3, 0.4) is 0 Å². The van der Waals surface area contributed by atoms with Crippen molar-refractivity contribution >= 4 is 17.0 Å². The Morgan fingerprint density at radius 1 is 1.23 bits per heavy atom. The third-order valence-electron chi connectivity index (χ3n) is 3.18. The molecule has 4 aromatic heterocycles. The molecule has 0 bridgehead atoms. The molecule has 22 heavy (non-hydrogen) atoms. The number of rotatable bonds is 2. The zero-order valence-corrected chi connectivity index (χ0v) is 12.2. The fourth-order valence-corrected chi connectivity index (χ4v) is 2.89. The Morgan fingerprint density at radius 2 is 2.05 bits per heavy atom. The molecule has 9 heteroatoms. The van der Waals surface area contributed by atoms with Gasteiger partial charge in [-0.05, 0) is 12.1 Å². The van der Waals surface area contributed by atoms with Crippen molar-refractivity contribution in [3.8, 4) is 22.0 Å². The highest BCUT2D eigenvalue weighted by Gasteiger charge is 2.15. The average molecular weight is 311 g/mol. The van der Waals surface area contributed by atoms with E-state index < -0.39 is 0 Å². The van der Waals surface area contributed by atoms with Crippen LogP contribution in [0.1, 0.15) is 0 Å². The molecule has 108 valence electrons. The smallest absolute Gasteiger partial charge is 0.265 e. The van der Waals surface area contributed by atoms with Gasteiger partial charge in [-0.25, -0.2) is 19.2 Å². The van der Waals surface area contributed by atoms with Gasteiger partial charge in [0.25, 0.3) is 0 Å². The summed E-state index contributed by atoms with van der Waals surface area (Å²) in [6.45, 7) is 0. The SMILES string of the molecule is Cn1nnc2c(-c3nc(-c4ccncc4)cs3)ncn2c1=O. The summed E-state index contributed by atoms with van der Waals surface area (Å²) in [7, 11) is 1.54. The highest BCUT2D eigenvalue weighted by molar-refractivity contribution is 7.13. The summed E-state index contributed by atoms with van der Waals surface area (Å²) in [5, 5.41) is 10.4. The van der Waals surface area contributed by atoms with E-state index >= 15 is 0 Å². The summed E-state index contributed by atoms with van der Waals surface area (Å²) in [6, 6.07) is 3.78. The molecule has 0 saturated carbocycles. The molecule has 4 rings (SSSR count). The lowest BCUT2D eigenvalue weighted by Crippen LogP contribution is -2.26. The zero-order chi connectivity index (χ0) is 15.1. The fourth-order valence-electron chi connectivity index (χ4n) is 2.07. The van der Waals surface area contributed by atoms with Gasteiger partial charge in [-0.15, -0.1) is 16.4 Å². The van der Waals surface area contributed by atoms with E-state index in [0.29, 0.717) is 16.3 Å². The Hall–Kier alpha value is -2.94. The van der Waals surface area contributed by atoms with Crippen LogP contribution in [0.25, 0.3) is 27.6 Å². The Labute approximate surface area is 127 Å². The molecule has 0 aromatic carbocycles. The van der Waals surface area contributed by atoms with E-state index in [9.17, 15) is 4.79 Å². The summed E-state index contributed by atoms with van der Waals surface area (Å²) in [6.07, 6.45) is 4.88. The number of pyridine rings is 1. The van der Waals surface area contributed by atoms with Crippen LogP contribution in [0.2, 0.25) is 0 Å². The normalized spacial score (nSPS) is 11.1. The second-order valence-corrected chi connectivity index (χ2v) is 5.41. The lowest BCUT2D eigenvalue weighted by atomic mass is 10.2. The number of nitrogens with zero attached hydrogens (tertiary/aromatic N) is 7. The van der Waals surface area contributed by atoms with Crippen LogP contribution in [0.15, 0.2) is 41.0 Å². The lowest BCUT2D eigenvalue weighted by molar-refractivity contribution is 0.607. The van der Waals surface area contributed by atoms with E-state index in [4.69, 9.17) is 0 Å². The molecule has 0 aliphatic rings. The molecule has 0 N–H and O–H groups in total. The van der Waals surface area contributed by atoms with Gasteiger partial charge in [0.1, 0.15) is 17.0 Å². The Morgan fingerprint density at radius 3 is 2.86 bits per heavy atom. The Bertz CT molecular complexity index is 1020. The molecule has 0 radical (unpaired) electrons. The van der Waals surface area contributed by atoms with Crippen molar-refractivity contribution in [2.24, 2.45) is 7.05 Å². The van der Waals surface area contributed by atoms with Crippen LogP contribution in [-0.2, 0) is 7.05 Å². The van der Waals surface area contributed by atoms with Crippen molar-refractivity contribution < 1.29 is 0 Å². The van der Waals surface area contributed by atoms with Crippen LogP contribution in [-0.4, -0.2) is 34.3 Å². The molecule has 0 saturated heterocycles. The fraction of sp³-hybridized carbons (Fsp3) is 0.0769. The topological polar surface area (TPSA) is 90.9 Å². The summed E-state index contributed by atoms with van der Waals surface area (Å²) < 4.78 is 2.51. The number of imidazole rings is 1. The van der Waals surface area contributed by atoms with Crippen LogP contribution < -0.4 is 5.69 Å². The van der Waals surface area contributed by atoms with E-state index in [2.05, 4.69) is 25.3 Å². The molecule has 0 atom stereocenters. The monoisotopic (exact) mass is 311 g/mol. The van der Waals surface area contributed by atoms with E-state index in [0.717, 1.165) is 15.9 Å². The summed E-state index contributed by atoms with van der Waals surface area (Å²) >= 11 is 1.44. The number of fused-ring (bicyclic) bond motifs is 1. The minimum Gasteiger partial charge on any atom is -0.265 e. The molecule has 0 aliphatic heterocycles. The standard InChI is InChI=1S/C13H9N7OS/c1-19-13(21)20-7-15-10(11(20)17-18-19)12-16-9(6-22-12)8-2-4-14-5-3-8/h2-7H,1H3. The molecule has 0 spiro atoms. The number of hydrogen-bond acceptors (Lipinski definition) is 7. The first-order chi connectivity index (χ1) is 10.7. The van der Waals surface area contributed by atoms with Crippen LogP contribution in [0.5, 0.6) is 0 Å². The van der Waals surface area contributed by atoms with Crippen molar-refractivity contribution in [3.63, 3.8) is 0 Å². The largest absolute Gasteiger partial charge is 0.352 e. The van der Waals surface area contributed by atoms with Crippen LogP contribution in [0, 0.1) is 0 Å². The molecule has 4 aromatic rings. The van der Waals surface area contributed by atoms with Crippen molar-refractivity contribution in [1.82, 2.24) is 34.3 Å². The van der Waals surface area contributed by atoms with Gasteiger partial charge in [-0.3, -0.25) is 4.98 Å². The maximum Gasteiger partial charge on any atom is 0.352 e. The van der Waals surface area contributed by atoms with E-state index in [1.54, 1.807) is 19.4 Å². The lowest BCUT2D eigenvalue weighted by Gasteiger charge is -1.96. The summed E-state index contributed by atoms with van der Waals surface area (Å²) in [4.78, 5) is 24.8. The highest BCUT2D eigenvalue weighted by atomic mass is 32.1. The number of aromatic nitrogens is 7. The Balaban J connectivity index is 1.85. The molecular weight excluding hydrogens is 302 g/mol. The summed E-state index contributed by atoms with van der Waals surface area (Å²) in [5.74, 6) is 0. The highest BCUT2D eigenvalue weighted by Crippen LogP contribution is 2.28. The second-order valence-electron chi connectivity index (χ2n) is 4.56. The average Bonchev–Trinajstić information content (AvgIpc) is 3.18. The maximum absolute atomic E-state index is 12.0. The molecule has 0 unspecified atom stereocenters. The van der Waals surface area contributed by atoms with Gasteiger partial charge < -0.3 is 0 Å². The third kappa shape index (κ3) is 1.91. The van der Waals surface area contributed by atoms with Crippen LogP contribution >= 0.6 is 11.3 Å². The molecule has 0 aliphatic carbocycles. The van der Waals surface area contributed by atoms with Gasteiger partial charge in [0.05, 0.1) is 5.69 Å². The van der Waals surface area contributed by atoms with Crippen molar-refractivity contribution in [2.45, 2.75) is 0 Å².